The molecule has 3 heteroatoms. The number of rotatable bonds is 4. The normalized spacial score (nSPS) is 14.4. The lowest BCUT2D eigenvalue weighted by Crippen LogP contribution is -2.01. The van der Waals surface area contributed by atoms with Crippen LogP contribution >= 0.6 is 0 Å². The van der Waals surface area contributed by atoms with Crippen LogP contribution in [0.1, 0.15) is 12.3 Å². The molecule has 11 rings (SSSR count). The highest BCUT2D eigenvalue weighted by Gasteiger charge is 2.21. The van der Waals surface area contributed by atoms with E-state index in [1.54, 1.807) is 4.57 Å². The monoisotopic (exact) mass is 658 g/mol. The van der Waals surface area contributed by atoms with Crippen LogP contribution in [-0.4, -0.2) is 13.7 Å². The summed E-state index contributed by atoms with van der Waals surface area (Å²) in [6, 6.07) is 40.4. The Balaban J connectivity index is 1.23. The Labute approximate surface area is 307 Å². The zero-order chi connectivity index (χ0) is 41.3. The minimum absolute atomic E-state index is 0.0161. The SMILES string of the molecule is [2H]c1c([2H])c([2H])c(-c2c([2H])c([2H])c(-n3c4ccccc4c4ccc(-n5c6ccccc6c6cccc(-n7c8ccccc8c8ccccc87)c65)cc43)c([2H])c2[2H])c([2H])c1[2H]. The lowest BCUT2D eigenvalue weighted by Gasteiger charge is -2.15. The average Bonchev–Trinajstić information content (AvgIpc) is 3.91. The van der Waals surface area contributed by atoms with Crippen molar-refractivity contribution in [1.82, 2.24) is 13.7 Å². The molecule has 0 spiro atoms. The summed E-state index contributed by atoms with van der Waals surface area (Å²) in [5, 5.41) is 6.11. The zero-order valence-electron chi connectivity index (χ0n) is 36.0. The molecule has 0 aliphatic carbocycles. The highest BCUT2D eigenvalue weighted by molar-refractivity contribution is 6.16. The lowest BCUT2D eigenvalue weighted by molar-refractivity contribution is 1.13. The summed E-state index contributed by atoms with van der Waals surface area (Å²) in [7, 11) is 0. The highest BCUT2D eigenvalue weighted by Crippen LogP contribution is 2.41. The second-order valence-corrected chi connectivity index (χ2v) is 12.7. The first kappa shape index (κ1) is 20.6. The molecule has 0 saturated heterocycles. The summed E-state index contributed by atoms with van der Waals surface area (Å²) in [5.41, 5.74) is 6.49. The van der Waals surface area contributed by atoms with Gasteiger partial charge in [-0.1, -0.05) is 133 Å². The summed E-state index contributed by atoms with van der Waals surface area (Å²) < 4.78 is 85.3. The van der Waals surface area contributed by atoms with E-state index in [2.05, 4.69) is 94.1 Å². The summed E-state index contributed by atoms with van der Waals surface area (Å²) in [6.45, 7) is 0. The molecule has 3 heterocycles. The van der Waals surface area contributed by atoms with Crippen LogP contribution in [0, 0.1) is 0 Å². The van der Waals surface area contributed by atoms with Crippen molar-refractivity contribution in [3.05, 3.63) is 188 Å². The number of benzene rings is 8. The molecule has 0 aliphatic rings. The van der Waals surface area contributed by atoms with E-state index < -0.39 is 54.4 Å². The molecule has 51 heavy (non-hydrogen) atoms. The molecule has 0 saturated carbocycles. The minimum atomic E-state index is -0.617. The van der Waals surface area contributed by atoms with Crippen LogP contribution in [-0.2, 0) is 0 Å². The van der Waals surface area contributed by atoms with Gasteiger partial charge in [0, 0.05) is 43.7 Å². The Bertz CT molecular complexity index is 3560. The Morgan fingerprint density at radius 3 is 1.45 bits per heavy atom. The molecule has 3 nitrogen and oxygen atoms in total. The van der Waals surface area contributed by atoms with Crippen molar-refractivity contribution in [3.8, 4) is 28.2 Å². The average molecular weight is 659 g/mol. The molecule has 3 aromatic heterocycles. The molecular weight excluding hydrogens is 619 g/mol. The van der Waals surface area contributed by atoms with E-state index in [1.807, 2.05) is 48.5 Å². The van der Waals surface area contributed by atoms with E-state index in [0.717, 1.165) is 65.8 Å². The van der Waals surface area contributed by atoms with Crippen molar-refractivity contribution in [2.45, 2.75) is 0 Å². The van der Waals surface area contributed by atoms with Crippen LogP contribution in [0.2, 0.25) is 0 Å². The Hall–Kier alpha value is -6.84. The van der Waals surface area contributed by atoms with Gasteiger partial charge in [0.1, 0.15) is 0 Å². The van der Waals surface area contributed by atoms with E-state index in [-0.39, 0.29) is 16.8 Å². The molecule has 0 radical (unpaired) electrons. The van der Waals surface area contributed by atoms with Crippen molar-refractivity contribution < 1.29 is 12.3 Å². The Morgan fingerprint density at radius 2 is 0.824 bits per heavy atom. The van der Waals surface area contributed by atoms with Gasteiger partial charge < -0.3 is 13.7 Å². The number of hydrogen-bond acceptors (Lipinski definition) is 0. The molecular formula is C48H31N3. The Morgan fingerprint density at radius 1 is 0.333 bits per heavy atom. The van der Waals surface area contributed by atoms with E-state index in [9.17, 15) is 5.48 Å². The summed E-state index contributed by atoms with van der Waals surface area (Å²) in [5.74, 6) is 0. The van der Waals surface area contributed by atoms with Crippen molar-refractivity contribution in [1.29, 1.82) is 0 Å². The largest absolute Gasteiger partial charge is 0.309 e. The molecule has 0 aliphatic heterocycles. The maximum Gasteiger partial charge on any atom is 0.0782 e. The van der Waals surface area contributed by atoms with Crippen LogP contribution in [0.25, 0.3) is 93.6 Å². The van der Waals surface area contributed by atoms with Crippen LogP contribution < -0.4 is 0 Å². The molecule has 0 bridgehead atoms. The first-order valence-electron chi connectivity index (χ1n) is 21.3. The van der Waals surface area contributed by atoms with Gasteiger partial charge >= 0.3 is 0 Å². The third kappa shape index (κ3) is 4.06. The number of fused-ring (bicyclic) bond motifs is 9. The van der Waals surface area contributed by atoms with Gasteiger partial charge in [0.2, 0.25) is 0 Å². The zero-order valence-corrected chi connectivity index (χ0v) is 27.0. The molecule has 0 N–H and O–H groups in total. The predicted molar refractivity (Wildman–Crippen MR) is 215 cm³/mol. The van der Waals surface area contributed by atoms with Gasteiger partial charge in [0.25, 0.3) is 0 Å². The van der Waals surface area contributed by atoms with Gasteiger partial charge in [0.15, 0.2) is 0 Å². The van der Waals surface area contributed by atoms with Crippen molar-refractivity contribution >= 4 is 65.4 Å². The third-order valence-corrected chi connectivity index (χ3v) is 10.00. The van der Waals surface area contributed by atoms with Crippen LogP contribution in [0.5, 0.6) is 0 Å². The topological polar surface area (TPSA) is 14.8 Å². The molecule has 8 aromatic carbocycles. The fourth-order valence-electron chi connectivity index (χ4n) is 7.89. The fraction of sp³-hybridized carbons (Fsp3) is 0. The highest BCUT2D eigenvalue weighted by atomic mass is 15.1. The number of para-hydroxylation sites is 5. The van der Waals surface area contributed by atoms with E-state index in [4.69, 9.17) is 6.85 Å². The van der Waals surface area contributed by atoms with E-state index in [0.29, 0.717) is 11.0 Å². The quantitative estimate of drug-likeness (QED) is 0.179. The first-order chi connectivity index (χ1) is 29.1. The Kier molecular flexibility index (Phi) is 4.38. The second kappa shape index (κ2) is 10.8. The van der Waals surface area contributed by atoms with Crippen LogP contribution in [0.3, 0.4) is 0 Å². The number of aromatic nitrogens is 3. The summed E-state index contributed by atoms with van der Waals surface area (Å²) in [4.78, 5) is 0. The molecule has 0 unspecified atom stereocenters. The van der Waals surface area contributed by atoms with Crippen molar-refractivity contribution in [2.24, 2.45) is 0 Å². The molecule has 0 amide bonds. The predicted octanol–water partition coefficient (Wildman–Crippen LogP) is 12.6. The van der Waals surface area contributed by atoms with Gasteiger partial charge in [-0.3, -0.25) is 0 Å². The molecule has 11 aromatic rings. The van der Waals surface area contributed by atoms with Crippen LogP contribution in [0.15, 0.2) is 188 Å². The molecule has 238 valence electrons. The minimum Gasteiger partial charge on any atom is -0.309 e. The summed E-state index contributed by atoms with van der Waals surface area (Å²) >= 11 is 0. The van der Waals surface area contributed by atoms with Crippen LogP contribution in [0.4, 0.5) is 0 Å². The maximum atomic E-state index is 9.42. The van der Waals surface area contributed by atoms with E-state index in [1.165, 1.54) is 0 Å². The fourth-order valence-corrected chi connectivity index (χ4v) is 7.89. The van der Waals surface area contributed by atoms with Crippen molar-refractivity contribution in [2.75, 3.05) is 0 Å². The van der Waals surface area contributed by atoms with Gasteiger partial charge in [0.05, 0.1) is 51.1 Å². The first-order valence-corrected chi connectivity index (χ1v) is 16.8. The molecule has 0 fully saturated rings. The summed E-state index contributed by atoms with van der Waals surface area (Å²) in [6.07, 6.45) is 0. The third-order valence-electron chi connectivity index (χ3n) is 10.00. The van der Waals surface area contributed by atoms with Gasteiger partial charge in [-0.05, 0) is 65.7 Å². The standard InChI is InChI=1S/C48H31N3/c1-2-13-32(14-3-1)33-25-27-34(28-26-33)49-42-20-8-4-17-38(42)40-30-29-35(31-47(40)49)50-43-21-9-7-18-39(43)41-19-12-24-46(48(41)50)51-44-22-10-5-15-36(44)37-16-6-11-23-45(37)51/h1-31H/i1D,2D,3D,13D,14D,25D,26D,27D,28D. The van der Waals surface area contributed by atoms with Gasteiger partial charge in [-0.2, -0.15) is 0 Å². The van der Waals surface area contributed by atoms with E-state index >= 15 is 0 Å². The molecule has 0 atom stereocenters. The maximum absolute atomic E-state index is 9.42. The smallest absolute Gasteiger partial charge is 0.0782 e. The number of hydrogen-bond donors (Lipinski definition) is 0. The second-order valence-electron chi connectivity index (χ2n) is 12.7. The van der Waals surface area contributed by atoms with Gasteiger partial charge in [-0.25, -0.2) is 0 Å². The lowest BCUT2D eigenvalue weighted by atomic mass is 10.1. The van der Waals surface area contributed by atoms with Gasteiger partial charge in [-0.15, -0.1) is 0 Å². The van der Waals surface area contributed by atoms with Crippen molar-refractivity contribution in [3.63, 3.8) is 0 Å². The number of nitrogens with zero attached hydrogens (tertiary/aromatic N) is 3.